The topological polar surface area (TPSA) is 106 Å². The highest BCUT2D eigenvalue weighted by atomic mass is 32.4. The van der Waals surface area contributed by atoms with Crippen LogP contribution >= 0.6 is 6.57 Å². The van der Waals surface area contributed by atoms with Crippen molar-refractivity contribution in [2.45, 2.75) is 0 Å². The van der Waals surface area contributed by atoms with Crippen LogP contribution in [0.25, 0.3) is 0 Å². The maximum atomic E-state index is 9.73. The third-order valence-corrected chi connectivity index (χ3v) is 5.19. The Morgan fingerprint density at radius 1 is 0.828 bits per heavy atom. The maximum Gasteiger partial charge on any atom is 0.379 e. The molecule has 2 aliphatic heterocycles. The molecule has 0 fully saturated rings. The van der Waals surface area contributed by atoms with Gasteiger partial charge in [-0.25, -0.2) is 10.1 Å². The van der Waals surface area contributed by atoms with E-state index in [4.69, 9.17) is 16.3 Å². The van der Waals surface area contributed by atoms with Gasteiger partial charge in [-0.05, 0) is 48.2 Å². The largest absolute Gasteiger partial charge is 0.429 e. The smallest absolute Gasteiger partial charge is 0.379 e. The lowest BCUT2D eigenvalue weighted by Gasteiger charge is -2.15. The van der Waals surface area contributed by atoms with Crippen molar-refractivity contribution in [3.8, 4) is 5.75 Å². The molecule has 1 aromatic carbocycles. The van der Waals surface area contributed by atoms with Crippen LogP contribution in [0.5, 0.6) is 5.75 Å². The summed E-state index contributed by atoms with van der Waals surface area (Å²) in [5, 5.41) is 29.1. The van der Waals surface area contributed by atoms with Gasteiger partial charge in [-0.3, -0.25) is 10.4 Å². The second-order valence-electron chi connectivity index (χ2n) is 5.50. The molecule has 2 heterocycles. The van der Waals surface area contributed by atoms with Gasteiger partial charge in [0.05, 0.1) is 23.8 Å². The zero-order valence-corrected chi connectivity index (χ0v) is 16.7. The third kappa shape index (κ3) is 6.16. The zero-order valence-electron chi connectivity index (χ0n) is 15.0. The van der Waals surface area contributed by atoms with Gasteiger partial charge in [0.1, 0.15) is 5.75 Å². The van der Waals surface area contributed by atoms with Gasteiger partial charge in [-0.2, -0.15) is 10.2 Å². The lowest BCUT2D eigenvalue weighted by molar-refractivity contribution is -0.000663. The van der Waals surface area contributed by atoms with Gasteiger partial charge in [0.2, 0.25) is 0 Å². The van der Waals surface area contributed by atoms with Crippen molar-refractivity contribution >= 4 is 18.4 Å². The van der Waals surface area contributed by atoms with E-state index in [1.54, 1.807) is 60.7 Å². The standard InChI is InChI=1S/C18H17N6O3PS/c25-23-12-6-4-8-16(23)14-19-21-28(29,27-18-10-2-1-3-11-18)22-20-15-17-9-5-7-13-24(17)26/h1-15,25-26H. The summed E-state index contributed by atoms with van der Waals surface area (Å²) in [7, 11) is 0. The van der Waals surface area contributed by atoms with E-state index in [2.05, 4.69) is 20.0 Å². The number of rotatable bonds is 6. The molecular weight excluding hydrogens is 411 g/mol. The number of para-hydroxylation sites is 1. The molecule has 2 N–H and O–H groups in total. The summed E-state index contributed by atoms with van der Waals surface area (Å²) in [6.45, 7) is -3.24. The summed E-state index contributed by atoms with van der Waals surface area (Å²) in [6, 6.07) is 8.86. The highest BCUT2D eigenvalue weighted by molar-refractivity contribution is 8.11. The van der Waals surface area contributed by atoms with E-state index < -0.39 is 6.57 Å². The summed E-state index contributed by atoms with van der Waals surface area (Å²) < 4.78 is 5.76. The molecule has 0 radical (unpaired) electrons. The van der Waals surface area contributed by atoms with E-state index in [-0.39, 0.29) is 0 Å². The summed E-state index contributed by atoms with van der Waals surface area (Å²) in [5.41, 5.74) is 0.790. The normalized spacial score (nSPS) is 21.0. The predicted octanol–water partition coefficient (Wildman–Crippen LogP) is 5.43. The van der Waals surface area contributed by atoms with E-state index in [0.29, 0.717) is 17.1 Å². The van der Waals surface area contributed by atoms with Crippen LogP contribution in [0.1, 0.15) is 0 Å². The van der Waals surface area contributed by atoms with Gasteiger partial charge >= 0.3 is 6.57 Å². The van der Waals surface area contributed by atoms with Crippen molar-refractivity contribution in [1.29, 1.82) is 0 Å². The van der Waals surface area contributed by atoms with Crippen LogP contribution < -0.4 is 4.52 Å². The number of hydrogen-bond donors (Lipinski definition) is 2. The molecule has 0 spiro atoms. The van der Waals surface area contributed by atoms with Crippen molar-refractivity contribution in [3.63, 3.8) is 0 Å². The Morgan fingerprint density at radius 3 is 1.83 bits per heavy atom. The Kier molecular flexibility index (Phi) is 6.99. The van der Waals surface area contributed by atoms with Crippen LogP contribution in [0.4, 0.5) is 0 Å². The fraction of sp³-hybridized carbons (Fsp3) is 0. The van der Waals surface area contributed by atoms with Gasteiger partial charge in [0.25, 0.3) is 0 Å². The zero-order chi connectivity index (χ0) is 20.5. The molecule has 1 aromatic rings. The number of nitrogens with zero attached hydrogens (tertiary/aromatic N) is 6. The minimum atomic E-state index is -3.24. The average molecular weight is 428 g/mol. The molecule has 0 unspecified atom stereocenters. The van der Waals surface area contributed by atoms with Crippen molar-refractivity contribution in [2.24, 2.45) is 20.0 Å². The lowest BCUT2D eigenvalue weighted by Crippen LogP contribution is -2.10. The van der Waals surface area contributed by atoms with Crippen LogP contribution in [0.15, 0.2) is 123 Å². The van der Waals surface area contributed by atoms with E-state index in [9.17, 15) is 10.4 Å². The Hall–Kier alpha value is -3.17. The second kappa shape index (κ2) is 9.85. The summed E-state index contributed by atoms with van der Waals surface area (Å²) in [4.78, 5) is 8.08. The molecule has 0 atom stereocenters. The molecule has 0 bridgehead atoms. The Labute approximate surface area is 172 Å². The van der Waals surface area contributed by atoms with Gasteiger partial charge in [-0.1, -0.05) is 40.1 Å². The quantitative estimate of drug-likeness (QED) is 0.463. The number of hydrogen-bond acceptors (Lipinski definition) is 8. The van der Waals surface area contributed by atoms with Crippen molar-refractivity contribution in [3.05, 3.63) is 103 Å². The van der Waals surface area contributed by atoms with E-state index in [1.165, 1.54) is 24.8 Å². The lowest BCUT2D eigenvalue weighted by atomic mass is 10.3. The SMILES string of the molecule is ON1C=CC=CC1=CN=NP(=S)(N=NC=C1C=CC=CN1O)Oc1ccccc1. The van der Waals surface area contributed by atoms with Gasteiger partial charge in [0.15, 0.2) is 0 Å². The molecule has 9 nitrogen and oxygen atoms in total. The molecule has 2 aliphatic rings. The first kappa shape index (κ1) is 20.6. The van der Waals surface area contributed by atoms with Crippen LogP contribution in [0, 0.1) is 0 Å². The summed E-state index contributed by atoms with van der Waals surface area (Å²) >= 11 is 5.47. The first-order valence-electron chi connectivity index (χ1n) is 8.31. The second-order valence-corrected chi connectivity index (χ2v) is 8.45. The molecule has 3 rings (SSSR count). The number of allylic oxidation sites excluding steroid dienone is 6. The monoisotopic (exact) mass is 428 g/mol. The highest BCUT2D eigenvalue weighted by Gasteiger charge is 2.18. The minimum absolute atomic E-state index is 0.395. The molecule has 0 saturated carbocycles. The summed E-state index contributed by atoms with van der Waals surface area (Å²) in [6.07, 6.45) is 15.7. The fourth-order valence-electron chi connectivity index (χ4n) is 2.07. The Morgan fingerprint density at radius 2 is 1.34 bits per heavy atom. The maximum absolute atomic E-state index is 9.73. The van der Waals surface area contributed by atoms with Crippen LogP contribution in [0.2, 0.25) is 0 Å². The van der Waals surface area contributed by atoms with Crippen molar-refractivity contribution in [2.75, 3.05) is 0 Å². The van der Waals surface area contributed by atoms with Gasteiger partial charge in [-0.15, -0.1) is 0 Å². The van der Waals surface area contributed by atoms with E-state index in [1.807, 2.05) is 6.07 Å². The number of hydroxylamine groups is 4. The van der Waals surface area contributed by atoms with Gasteiger partial charge in [0, 0.05) is 12.4 Å². The molecule has 0 aromatic heterocycles. The summed E-state index contributed by atoms with van der Waals surface area (Å²) in [5.74, 6) is 0.475. The molecule has 0 saturated heterocycles. The van der Waals surface area contributed by atoms with Crippen LogP contribution in [-0.4, -0.2) is 20.5 Å². The molecule has 0 aliphatic carbocycles. The first-order chi connectivity index (χ1) is 14.1. The van der Waals surface area contributed by atoms with Crippen LogP contribution in [0.3, 0.4) is 0 Å². The van der Waals surface area contributed by atoms with Gasteiger partial charge < -0.3 is 4.52 Å². The fourth-order valence-corrected chi connectivity index (χ4v) is 3.45. The molecule has 11 heteroatoms. The van der Waals surface area contributed by atoms with E-state index >= 15 is 0 Å². The van der Waals surface area contributed by atoms with Crippen molar-refractivity contribution < 1.29 is 14.9 Å². The molecule has 148 valence electrons. The molecule has 0 amide bonds. The Balaban J connectivity index is 1.82. The Bertz CT molecular complexity index is 956. The van der Waals surface area contributed by atoms with E-state index in [0.717, 1.165) is 10.1 Å². The third-order valence-electron chi connectivity index (χ3n) is 3.42. The molecule has 29 heavy (non-hydrogen) atoms. The van der Waals surface area contributed by atoms with Crippen LogP contribution in [-0.2, 0) is 11.8 Å². The highest BCUT2D eigenvalue weighted by Crippen LogP contribution is 2.51. The first-order valence-corrected chi connectivity index (χ1v) is 10.9. The molecular formula is C18H17N6O3PS. The number of benzene rings is 1. The van der Waals surface area contributed by atoms with Crippen molar-refractivity contribution in [1.82, 2.24) is 10.1 Å². The average Bonchev–Trinajstić information content (AvgIpc) is 2.72. The minimum Gasteiger partial charge on any atom is -0.429 e. The predicted molar refractivity (Wildman–Crippen MR) is 111 cm³/mol.